The molecule has 0 bridgehead atoms. The monoisotopic (exact) mass is 357 g/mol. The minimum atomic E-state index is -1.20. The summed E-state index contributed by atoms with van der Waals surface area (Å²) >= 11 is 0. The van der Waals surface area contributed by atoms with Crippen molar-refractivity contribution in [2.45, 2.75) is 13.0 Å². The second-order valence-electron chi connectivity index (χ2n) is 5.94. The molecule has 0 saturated heterocycles. The van der Waals surface area contributed by atoms with E-state index < -0.39 is 23.2 Å². The predicted molar refractivity (Wildman–Crippen MR) is 96.1 cm³/mol. The maximum atomic E-state index is 14.1. The Kier molecular flexibility index (Phi) is 4.71. The van der Waals surface area contributed by atoms with Gasteiger partial charge in [-0.1, -0.05) is 24.3 Å². The number of benzene rings is 2. The molecule has 1 unspecified atom stereocenters. The molecule has 2 aromatic carbocycles. The van der Waals surface area contributed by atoms with Crippen molar-refractivity contribution in [1.29, 1.82) is 0 Å². The summed E-state index contributed by atoms with van der Waals surface area (Å²) in [5.74, 6) is -2.29. The van der Waals surface area contributed by atoms with E-state index in [0.717, 1.165) is 6.07 Å². The standard InChI is InChI=1S/C19H17F2N3O2/c1-11(24(2)19(26)23-12-6-4-3-5-7-12)14-10-22-18(25)16-13(14)8-9-15(20)17(16)21/h3-11H,1-2H3,(H,22,25)(H,23,26). The first-order chi connectivity index (χ1) is 12.4. The van der Waals surface area contributed by atoms with Crippen LogP contribution in [0.25, 0.3) is 10.8 Å². The summed E-state index contributed by atoms with van der Waals surface area (Å²) in [5, 5.41) is 2.66. The summed E-state index contributed by atoms with van der Waals surface area (Å²) < 4.78 is 27.6. The molecule has 0 saturated carbocycles. The van der Waals surface area contributed by atoms with Gasteiger partial charge in [0, 0.05) is 18.9 Å². The molecule has 3 aromatic rings. The number of pyridine rings is 1. The second kappa shape index (κ2) is 6.95. The van der Waals surface area contributed by atoms with Crippen LogP contribution in [-0.2, 0) is 0 Å². The van der Waals surface area contributed by atoms with Gasteiger partial charge in [-0.05, 0) is 36.1 Å². The first-order valence-electron chi connectivity index (χ1n) is 7.98. The van der Waals surface area contributed by atoms with Crippen LogP contribution < -0.4 is 10.9 Å². The Morgan fingerprint density at radius 1 is 1.15 bits per heavy atom. The molecule has 134 valence electrons. The number of halogens is 2. The molecule has 0 aliphatic heterocycles. The third-order valence-electron chi connectivity index (χ3n) is 4.37. The second-order valence-corrected chi connectivity index (χ2v) is 5.94. The van der Waals surface area contributed by atoms with Gasteiger partial charge in [0.25, 0.3) is 5.56 Å². The number of nitrogens with zero attached hydrogens (tertiary/aromatic N) is 1. The van der Waals surface area contributed by atoms with E-state index in [1.54, 1.807) is 38.2 Å². The van der Waals surface area contributed by atoms with Gasteiger partial charge in [-0.3, -0.25) is 4.79 Å². The van der Waals surface area contributed by atoms with Gasteiger partial charge in [-0.15, -0.1) is 0 Å². The lowest BCUT2D eigenvalue weighted by Crippen LogP contribution is -2.34. The molecule has 1 heterocycles. The molecular weight excluding hydrogens is 340 g/mol. The lowest BCUT2D eigenvalue weighted by atomic mass is 10.0. The molecule has 0 aliphatic rings. The lowest BCUT2D eigenvalue weighted by molar-refractivity contribution is 0.208. The number of nitrogens with one attached hydrogen (secondary N) is 2. The molecule has 0 spiro atoms. The zero-order valence-electron chi connectivity index (χ0n) is 14.2. The fraction of sp³-hybridized carbons (Fsp3) is 0.158. The van der Waals surface area contributed by atoms with Gasteiger partial charge in [0.15, 0.2) is 11.6 Å². The van der Waals surface area contributed by atoms with Gasteiger partial charge in [-0.2, -0.15) is 0 Å². The smallest absolute Gasteiger partial charge is 0.322 e. The van der Waals surface area contributed by atoms with Crippen LogP contribution in [-0.4, -0.2) is 23.0 Å². The van der Waals surface area contributed by atoms with Gasteiger partial charge in [-0.25, -0.2) is 13.6 Å². The normalized spacial score (nSPS) is 12.0. The lowest BCUT2D eigenvalue weighted by Gasteiger charge is -2.26. The molecule has 0 fully saturated rings. The number of aromatic amines is 1. The van der Waals surface area contributed by atoms with E-state index in [4.69, 9.17) is 0 Å². The number of urea groups is 1. The number of anilines is 1. The van der Waals surface area contributed by atoms with Gasteiger partial charge in [0.05, 0.1) is 11.4 Å². The SMILES string of the molecule is CC(c1c[nH]c(=O)c2c(F)c(F)ccc12)N(C)C(=O)Nc1ccccc1. The van der Waals surface area contributed by atoms with E-state index >= 15 is 0 Å². The van der Waals surface area contributed by atoms with E-state index in [9.17, 15) is 18.4 Å². The molecule has 5 nitrogen and oxygen atoms in total. The van der Waals surface area contributed by atoms with E-state index in [1.165, 1.54) is 17.2 Å². The Bertz CT molecular complexity index is 1020. The molecule has 0 radical (unpaired) electrons. The summed E-state index contributed by atoms with van der Waals surface area (Å²) in [7, 11) is 1.58. The van der Waals surface area contributed by atoms with Crippen molar-refractivity contribution >= 4 is 22.5 Å². The van der Waals surface area contributed by atoms with Crippen LogP contribution >= 0.6 is 0 Å². The minimum Gasteiger partial charge on any atom is -0.328 e. The molecule has 1 atom stereocenters. The van der Waals surface area contributed by atoms with Crippen LogP contribution in [0.15, 0.2) is 53.5 Å². The largest absolute Gasteiger partial charge is 0.328 e. The molecule has 7 heteroatoms. The molecule has 2 amide bonds. The highest BCUT2D eigenvalue weighted by Crippen LogP contribution is 2.27. The number of H-pyrrole nitrogens is 1. The number of carbonyl (C=O) groups excluding carboxylic acids is 1. The number of fused-ring (bicyclic) bond motifs is 1. The van der Waals surface area contributed by atoms with E-state index in [-0.39, 0.29) is 16.8 Å². The fourth-order valence-corrected chi connectivity index (χ4v) is 2.77. The van der Waals surface area contributed by atoms with Crippen molar-refractivity contribution in [2.75, 3.05) is 12.4 Å². The van der Waals surface area contributed by atoms with E-state index in [2.05, 4.69) is 10.3 Å². The molecule has 1 aromatic heterocycles. The van der Waals surface area contributed by atoms with Crippen LogP contribution in [0.3, 0.4) is 0 Å². The van der Waals surface area contributed by atoms with Crippen molar-refractivity contribution in [3.05, 3.63) is 76.2 Å². The van der Waals surface area contributed by atoms with Gasteiger partial charge in [0.1, 0.15) is 0 Å². The topological polar surface area (TPSA) is 65.2 Å². The number of carbonyl (C=O) groups is 1. The first-order valence-corrected chi connectivity index (χ1v) is 7.98. The summed E-state index contributed by atoms with van der Waals surface area (Å²) in [5.41, 5.74) is 0.421. The third kappa shape index (κ3) is 3.15. The zero-order valence-corrected chi connectivity index (χ0v) is 14.2. The summed E-state index contributed by atoms with van der Waals surface area (Å²) in [6.45, 7) is 1.74. The van der Waals surface area contributed by atoms with E-state index in [0.29, 0.717) is 11.3 Å². The summed E-state index contributed by atoms with van der Waals surface area (Å²) in [4.78, 5) is 28.2. The maximum Gasteiger partial charge on any atom is 0.322 e. The average molecular weight is 357 g/mol. The van der Waals surface area contributed by atoms with Crippen molar-refractivity contribution in [2.24, 2.45) is 0 Å². The Labute approximate surface area is 148 Å². The molecule has 2 N–H and O–H groups in total. The fourth-order valence-electron chi connectivity index (χ4n) is 2.77. The number of hydrogen-bond donors (Lipinski definition) is 2. The Balaban J connectivity index is 1.96. The number of rotatable bonds is 3. The van der Waals surface area contributed by atoms with Gasteiger partial charge in [0.2, 0.25) is 0 Å². The molecular formula is C19H17F2N3O2. The Morgan fingerprint density at radius 2 is 1.85 bits per heavy atom. The third-order valence-corrected chi connectivity index (χ3v) is 4.37. The summed E-state index contributed by atoms with van der Waals surface area (Å²) in [6, 6.07) is 10.4. The van der Waals surface area contributed by atoms with Crippen LogP contribution in [0.4, 0.5) is 19.3 Å². The van der Waals surface area contributed by atoms with Crippen LogP contribution in [0.2, 0.25) is 0 Å². The van der Waals surface area contributed by atoms with Crippen molar-refractivity contribution < 1.29 is 13.6 Å². The van der Waals surface area contributed by atoms with Crippen LogP contribution in [0, 0.1) is 11.6 Å². The predicted octanol–water partition coefficient (Wildman–Crippen LogP) is 4.03. The van der Waals surface area contributed by atoms with E-state index in [1.807, 2.05) is 6.07 Å². The molecule has 26 heavy (non-hydrogen) atoms. The number of amides is 2. The highest BCUT2D eigenvalue weighted by atomic mass is 19.2. The van der Waals surface area contributed by atoms with Gasteiger partial charge < -0.3 is 15.2 Å². The quantitative estimate of drug-likeness (QED) is 0.743. The molecule has 0 aliphatic carbocycles. The maximum absolute atomic E-state index is 14.1. The number of aromatic nitrogens is 1. The Morgan fingerprint density at radius 3 is 2.54 bits per heavy atom. The highest BCUT2D eigenvalue weighted by Gasteiger charge is 2.22. The van der Waals surface area contributed by atoms with Crippen LogP contribution in [0.1, 0.15) is 18.5 Å². The minimum absolute atomic E-state index is 0.263. The van der Waals surface area contributed by atoms with Crippen molar-refractivity contribution in [3.63, 3.8) is 0 Å². The van der Waals surface area contributed by atoms with Crippen molar-refractivity contribution in [3.8, 4) is 0 Å². The zero-order chi connectivity index (χ0) is 18.8. The van der Waals surface area contributed by atoms with Crippen LogP contribution in [0.5, 0.6) is 0 Å². The first kappa shape index (κ1) is 17.6. The summed E-state index contributed by atoms with van der Waals surface area (Å²) in [6.07, 6.45) is 1.42. The highest BCUT2D eigenvalue weighted by molar-refractivity contribution is 5.90. The number of hydrogen-bond acceptors (Lipinski definition) is 2. The van der Waals surface area contributed by atoms with Crippen molar-refractivity contribution in [1.82, 2.24) is 9.88 Å². The van der Waals surface area contributed by atoms with Gasteiger partial charge >= 0.3 is 6.03 Å². The molecule has 3 rings (SSSR count). The average Bonchev–Trinajstić information content (AvgIpc) is 2.64. The number of para-hydroxylation sites is 1. The Hall–Kier alpha value is -3.22.